The smallest absolute Gasteiger partial charge is 0.134 e. The van der Waals surface area contributed by atoms with E-state index in [4.69, 9.17) is 16.3 Å². The minimum atomic E-state index is -0.322. The fourth-order valence-corrected chi connectivity index (χ4v) is 2.46. The molecule has 6 heteroatoms. The van der Waals surface area contributed by atoms with Crippen LogP contribution in [0.15, 0.2) is 6.07 Å². The van der Waals surface area contributed by atoms with Crippen molar-refractivity contribution >= 4 is 17.4 Å². The first kappa shape index (κ1) is 13.5. The van der Waals surface area contributed by atoms with E-state index in [0.717, 1.165) is 5.82 Å². The molecule has 1 saturated heterocycles. The maximum atomic E-state index is 9.29. The minimum absolute atomic E-state index is 0.00225. The molecule has 1 N–H and O–H groups in total. The third-order valence-corrected chi connectivity index (χ3v) is 3.00. The fourth-order valence-electron chi connectivity index (χ4n) is 2.24. The van der Waals surface area contributed by atoms with E-state index in [0.29, 0.717) is 24.1 Å². The van der Waals surface area contributed by atoms with E-state index in [9.17, 15) is 5.11 Å². The summed E-state index contributed by atoms with van der Waals surface area (Å²) in [6.45, 7) is 7.11. The summed E-state index contributed by atoms with van der Waals surface area (Å²) >= 11 is 5.95. The highest BCUT2D eigenvalue weighted by atomic mass is 35.5. The molecule has 2 heterocycles. The summed E-state index contributed by atoms with van der Waals surface area (Å²) in [6.07, 6.45) is -0.206. The molecule has 1 aliphatic heterocycles. The van der Waals surface area contributed by atoms with E-state index in [2.05, 4.69) is 14.9 Å². The quantitative estimate of drug-likeness (QED) is 0.825. The number of anilines is 1. The Kier molecular flexibility index (Phi) is 3.75. The molecule has 1 aromatic heterocycles. The number of rotatable bonds is 2. The lowest BCUT2D eigenvalue weighted by molar-refractivity contribution is -0.101. The lowest BCUT2D eigenvalue weighted by atomic mass is 10.1. The maximum Gasteiger partial charge on any atom is 0.134 e. The third-order valence-electron chi connectivity index (χ3n) is 2.80. The van der Waals surface area contributed by atoms with Gasteiger partial charge in [0.2, 0.25) is 0 Å². The number of aryl methyl sites for hydroxylation is 1. The highest BCUT2D eigenvalue weighted by Gasteiger charge is 2.33. The molecule has 0 radical (unpaired) electrons. The molecule has 1 atom stereocenters. The molecule has 100 valence electrons. The van der Waals surface area contributed by atoms with E-state index in [-0.39, 0.29) is 18.3 Å². The number of hydrogen-bond acceptors (Lipinski definition) is 5. The summed E-state index contributed by atoms with van der Waals surface area (Å²) in [5.41, 5.74) is -0.322. The molecule has 1 aliphatic rings. The fraction of sp³-hybridized carbons (Fsp3) is 0.667. The number of nitrogens with zero attached hydrogens (tertiary/aromatic N) is 3. The van der Waals surface area contributed by atoms with Crippen LogP contribution in [0.25, 0.3) is 0 Å². The topological polar surface area (TPSA) is 58.5 Å². The summed E-state index contributed by atoms with van der Waals surface area (Å²) < 4.78 is 5.77. The Morgan fingerprint density at radius 1 is 1.56 bits per heavy atom. The predicted molar refractivity (Wildman–Crippen MR) is 70.0 cm³/mol. The van der Waals surface area contributed by atoms with Crippen molar-refractivity contribution in [2.75, 3.05) is 24.6 Å². The first-order valence-corrected chi connectivity index (χ1v) is 6.32. The molecule has 1 fully saturated rings. The van der Waals surface area contributed by atoms with Crippen molar-refractivity contribution in [2.45, 2.75) is 32.5 Å². The zero-order chi connectivity index (χ0) is 13.3. The number of hydrogen-bond donors (Lipinski definition) is 1. The first-order valence-electron chi connectivity index (χ1n) is 5.94. The number of ether oxygens (including phenoxy) is 1. The normalized spacial score (nSPS) is 23.2. The number of aliphatic hydroxyl groups is 1. The van der Waals surface area contributed by atoms with Crippen molar-refractivity contribution in [3.63, 3.8) is 0 Å². The Hall–Kier alpha value is -0.910. The van der Waals surface area contributed by atoms with Gasteiger partial charge in [0.1, 0.15) is 16.8 Å². The van der Waals surface area contributed by atoms with E-state index in [1.165, 1.54) is 0 Å². The number of morpholine rings is 1. The highest BCUT2D eigenvalue weighted by Crippen LogP contribution is 2.25. The van der Waals surface area contributed by atoms with Gasteiger partial charge in [-0.05, 0) is 20.8 Å². The van der Waals surface area contributed by atoms with Crippen molar-refractivity contribution < 1.29 is 9.84 Å². The van der Waals surface area contributed by atoms with Gasteiger partial charge < -0.3 is 14.7 Å². The minimum Gasteiger partial charge on any atom is -0.394 e. The highest BCUT2D eigenvalue weighted by molar-refractivity contribution is 6.29. The molecule has 18 heavy (non-hydrogen) atoms. The number of aliphatic hydroxyl groups excluding tert-OH is 1. The summed E-state index contributed by atoms with van der Waals surface area (Å²) in [5.74, 6) is 1.42. The van der Waals surface area contributed by atoms with Crippen LogP contribution in [0.1, 0.15) is 19.7 Å². The summed E-state index contributed by atoms with van der Waals surface area (Å²) in [7, 11) is 0. The molecular weight excluding hydrogens is 254 g/mol. The van der Waals surface area contributed by atoms with Gasteiger partial charge in [0.25, 0.3) is 0 Å². The molecule has 1 aromatic rings. The monoisotopic (exact) mass is 271 g/mol. The van der Waals surface area contributed by atoms with Crippen LogP contribution in [0.2, 0.25) is 5.15 Å². The molecule has 1 unspecified atom stereocenters. The Balaban J connectivity index is 2.26. The first-order chi connectivity index (χ1) is 8.39. The van der Waals surface area contributed by atoms with Gasteiger partial charge in [0.15, 0.2) is 0 Å². The van der Waals surface area contributed by atoms with E-state index >= 15 is 0 Å². The largest absolute Gasteiger partial charge is 0.394 e. The standard InChI is InChI=1S/C12H18ClN3O2/c1-8-14-10(13)4-11(15-8)16-5-9(6-17)18-12(2,3)7-16/h4,9,17H,5-7H2,1-3H3. The van der Waals surface area contributed by atoms with Crippen LogP contribution in [-0.4, -0.2) is 46.5 Å². The Labute approximate surface area is 112 Å². The summed E-state index contributed by atoms with van der Waals surface area (Å²) in [6, 6.07) is 1.74. The van der Waals surface area contributed by atoms with Gasteiger partial charge in [-0.2, -0.15) is 0 Å². The van der Waals surface area contributed by atoms with Gasteiger partial charge in [-0.3, -0.25) is 0 Å². The Morgan fingerprint density at radius 3 is 2.89 bits per heavy atom. The average Bonchev–Trinajstić information content (AvgIpc) is 2.25. The van der Waals surface area contributed by atoms with Crippen LogP contribution in [0.5, 0.6) is 0 Å². The third kappa shape index (κ3) is 3.10. The molecule has 5 nitrogen and oxygen atoms in total. The average molecular weight is 272 g/mol. The van der Waals surface area contributed by atoms with Gasteiger partial charge in [-0.15, -0.1) is 0 Å². The molecule has 0 aliphatic carbocycles. The van der Waals surface area contributed by atoms with Crippen molar-refractivity contribution in [1.82, 2.24) is 9.97 Å². The second-order valence-electron chi connectivity index (χ2n) is 5.16. The molecule has 0 bridgehead atoms. The Bertz CT molecular complexity index is 419. The summed E-state index contributed by atoms with van der Waals surface area (Å²) in [5, 5.41) is 9.72. The van der Waals surface area contributed by atoms with Crippen LogP contribution in [-0.2, 0) is 4.74 Å². The van der Waals surface area contributed by atoms with Crippen LogP contribution < -0.4 is 4.90 Å². The molecule has 0 amide bonds. The Morgan fingerprint density at radius 2 is 2.28 bits per heavy atom. The zero-order valence-electron chi connectivity index (χ0n) is 10.9. The number of halogens is 1. The van der Waals surface area contributed by atoms with Gasteiger partial charge in [0.05, 0.1) is 18.3 Å². The SMILES string of the molecule is Cc1nc(Cl)cc(N2CC(CO)OC(C)(C)C2)n1. The van der Waals surface area contributed by atoms with Crippen LogP contribution in [0, 0.1) is 6.92 Å². The van der Waals surface area contributed by atoms with Gasteiger partial charge in [0, 0.05) is 19.2 Å². The summed E-state index contributed by atoms with van der Waals surface area (Å²) in [4.78, 5) is 10.5. The van der Waals surface area contributed by atoms with Crippen LogP contribution in [0.3, 0.4) is 0 Å². The lowest BCUT2D eigenvalue weighted by Gasteiger charge is -2.42. The molecule has 0 spiro atoms. The second kappa shape index (κ2) is 4.99. The van der Waals surface area contributed by atoms with Gasteiger partial charge in [-0.25, -0.2) is 9.97 Å². The van der Waals surface area contributed by atoms with Crippen LogP contribution in [0.4, 0.5) is 5.82 Å². The van der Waals surface area contributed by atoms with Crippen molar-refractivity contribution in [1.29, 1.82) is 0 Å². The van der Waals surface area contributed by atoms with E-state index in [1.807, 2.05) is 20.8 Å². The van der Waals surface area contributed by atoms with E-state index < -0.39 is 0 Å². The predicted octanol–water partition coefficient (Wildman–Crippen LogP) is 1.41. The molecule has 0 aromatic carbocycles. The van der Waals surface area contributed by atoms with Crippen molar-refractivity contribution in [3.8, 4) is 0 Å². The van der Waals surface area contributed by atoms with Gasteiger partial charge >= 0.3 is 0 Å². The zero-order valence-corrected chi connectivity index (χ0v) is 11.6. The molecular formula is C12H18ClN3O2. The van der Waals surface area contributed by atoms with Crippen molar-refractivity contribution in [3.05, 3.63) is 17.0 Å². The van der Waals surface area contributed by atoms with Crippen molar-refractivity contribution in [2.24, 2.45) is 0 Å². The number of aromatic nitrogens is 2. The van der Waals surface area contributed by atoms with E-state index in [1.54, 1.807) is 6.07 Å². The van der Waals surface area contributed by atoms with Gasteiger partial charge in [-0.1, -0.05) is 11.6 Å². The maximum absolute atomic E-state index is 9.29. The lowest BCUT2D eigenvalue weighted by Crippen LogP contribution is -2.54. The molecule has 2 rings (SSSR count). The second-order valence-corrected chi connectivity index (χ2v) is 5.55. The molecule has 0 saturated carbocycles. The van der Waals surface area contributed by atoms with Crippen LogP contribution >= 0.6 is 11.6 Å².